The molecule has 0 aliphatic heterocycles. The van der Waals surface area contributed by atoms with Crippen LogP contribution in [0.3, 0.4) is 0 Å². The van der Waals surface area contributed by atoms with Gasteiger partial charge in [-0.25, -0.2) is 0 Å². The van der Waals surface area contributed by atoms with E-state index in [1.54, 1.807) is 0 Å². The lowest BCUT2D eigenvalue weighted by Gasteiger charge is -2.40. The maximum atomic E-state index is 9.32. The van der Waals surface area contributed by atoms with Gasteiger partial charge in [0.1, 0.15) is 0 Å². The van der Waals surface area contributed by atoms with Crippen LogP contribution in [0.5, 0.6) is 0 Å². The smallest absolute Gasteiger partial charge is 0.0609 e. The summed E-state index contributed by atoms with van der Waals surface area (Å²) in [5.74, 6) is 0. The first-order chi connectivity index (χ1) is 6.96. The van der Waals surface area contributed by atoms with Gasteiger partial charge in [0.15, 0.2) is 0 Å². The van der Waals surface area contributed by atoms with E-state index in [4.69, 9.17) is 5.73 Å². The van der Waals surface area contributed by atoms with Gasteiger partial charge in [0.25, 0.3) is 0 Å². The number of aliphatic hydroxyl groups excluding tert-OH is 1. The fourth-order valence-corrected chi connectivity index (χ4v) is 2.39. The topological polar surface area (TPSA) is 49.5 Å². The van der Waals surface area contributed by atoms with E-state index in [-0.39, 0.29) is 12.1 Å². The summed E-state index contributed by atoms with van der Waals surface area (Å²) in [6.45, 7) is 6.14. The van der Waals surface area contributed by atoms with Crippen molar-refractivity contribution in [1.29, 1.82) is 0 Å². The molecular formula is C12H26N2O. The molecule has 3 N–H and O–H groups in total. The van der Waals surface area contributed by atoms with Crippen LogP contribution in [-0.2, 0) is 0 Å². The van der Waals surface area contributed by atoms with Crippen molar-refractivity contribution in [3.05, 3.63) is 0 Å². The Morgan fingerprint density at radius 2 is 1.87 bits per heavy atom. The monoisotopic (exact) mass is 214 g/mol. The van der Waals surface area contributed by atoms with Crippen LogP contribution in [0.2, 0.25) is 0 Å². The van der Waals surface area contributed by atoms with E-state index in [0.29, 0.717) is 5.41 Å². The van der Waals surface area contributed by atoms with Crippen LogP contribution in [0.25, 0.3) is 0 Å². The number of hydrogen-bond acceptors (Lipinski definition) is 3. The number of nitrogens with zero attached hydrogens (tertiary/aromatic N) is 1. The second-order valence-electron chi connectivity index (χ2n) is 5.74. The predicted molar refractivity (Wildman–Crippen MR) is 63.8 cm³/mol. The molecule has 15 heavy (non-hydrogen) atoms. The second kappa shape index (κ2) is 4.81. The summed E-state index contributed by atoms with van der Waals surface area (Å²) in [6, 6.07) is 0. The van der Waals surface area contributed by atoms with E-state index in [9.17, 15) is 5.11 Å². The minimum Gasteiger partial charge on any atom is -0.394 e. The van der Waals surface area contributed by atoms with Crippen LogP contribution in [-0.4, -0.2) is 42.3 Å². The number of aliphatic hydroxyl groups is 1. The molecule has 3 nitrogen and oxygen atoms in total. The molecule has 0 aromatic carbocycles. The Morgan fingerprint density at radius 1 is 1.33 bits per heavy atom. The lowest BCUT2D eigenvalue weighted by molar-refractivity contribution is 0.0441. The Labute approximate surface area is 93.6 Å². The highest BCUT2D eigenvalue weighted by molar-refractivity contribution is 4.91. The standard InChI is InChI=1S/C12H26N2O/c1-11(2,10-15)14(3)9-12(8-13)6-4-5-7-12/h15H,4-10,13H2,1-3H3. The first-order valence-corrected chi connectivity index (χ1v) is 5.98. The summed E-state index contributed by atoms with van der Waals surface area (Å²) in [4.78, 5) is 2.26. The Kier molecular flexibility index (Phi) is 4.15. The number of hydrogen-bond donors (Lipinski definition) is 2. The maximum Gasteiger partial charge on any atom is 0.0609 e. The van der Waals surface area contributed by atoms with Crippen molar-refractivity contribution in [2.24, 2.45) is 11.1 Å². The van der Waals surface area contributed by atoms with E-state index in [2.05, 4.69) is 25.8 Å². The Bertz CT molecular complexity index is 198. The minimum absolute atomic E-state index is 0.134. The maximum absolute atomic E-state index is 9.32. The zero-order valence-corrected chi connectivity index (χ0v) is 10.4. The highest BCUT2D eigenvalue weighted by atomic mass is 16.3. The van der Waals surface area contributed by atoms with E-state index in [1.807, 2.05) is 0 Å². The third-order valence-electron chi connectivity index (χ3n) is 4.09. The van der Waals surface area contributed by atoms with Crippen LogP contribution in [0.15, 0.2) is 0 Å². The molecule has 3 heteroatoms. The second-order valence-corrected chi connectivity index (χ2v) is 5.74. The number of rotatable bonds is 5. The lowest BCUT2D eigenvalue weighted by Crippen LogP contribution is -2.50. The molecule has 0 bridgehead atoms. The summed E-state index contributed by atoms with van der Waals surface area (Å²) in [5, 5.41) is 9.32. The first kappa shape index (κ1) is 12.9. The highest BCUT2D eigenvalue weighted by Crippen LogP contribution is 2.38. The SMILES string of the molecule is CN(CC1(CN)CCCC1)C(C)(C)CO. The van der Waals surface area contributed by atoms with Crippen LogP contribution in [0, 0.1) is 5.41 Å². The molecular weight excluding hydrogens is 188 g/mol. The quantitative estimate of drug-likeness (QED) is 0.723. The van der Waals surface area contributed by atoms with Crippen LogP contribution in [0.4, 0.5) is 0 Å². The van der Waals surface area contributed by atoms with Crippen LogP contribution < -0.4 is 5.73 Å². The average molecular weight is 214 g/mol. The Morgan fingerprint density at radius 3 is 2.27 bits per heavy atom. The molecule has 0 atom stereocenters. The number of nitrogens with two attached hydrogens (primary N) is 1. The summed E-state index contributed by atoms with van der Waals surface area (Å²) in [6.07, 6.45) is 5.11. The van der Waals surface area contributed by atoms with Gasteiger partial charge < -0.3 is 10.8 Å². The summed E-state index contributed by atoms with van der Waals surface area (Å²) in [5.41, 5.74) is 6.09. The van der Waals surface area contributed by atoms with E-state index >= 15 is 0 Å². The summed E-state index contributed by atoms with van der Waals surface area (Å²) in [7, 11) is 2.09. The van der Waals surface area contributed by atoms with Gasteiger partial charge in [-0.15, -0.1) is 0 Å². The van der Waals surface area contributed by atoms with Crippen molar-refractivity contribution in [2.45, 2.75) is 45.1 Å². The molecule has 1 rings (SSSR count). The van der Waals surface area contributed by atoms with Gasteiger partial charge >= 0.3 is 0 Å². The van der Waals surface area contributed by atoms with Gasteiger partial charge in [0, 0.05) is 12.1 Å². The number of likely N-dealkylation sites (N-methyl/N-ethyl adjacent to an activating group) is 1. The molecule has 0 amide bonds. The Balaban J connectivity index is 2.59. The van der Waals surface area contributed by atoms with Crippen molar-refractivity contribution in [2.75, 3.05) is 26.7 Å². The van der Waals surface area contributed by atoms with Crippen molar-refractivity contribution in [3.8, 4) is 0 Å². The fourth-order valence-electron chi connectivity index (χ4n) is 2.39. The molecule has 0 saturated heterocycles. The largest absolute Gasteiger partial charge is 0.394 e. The van der Waals surface area contributed by atoms with E-state index in [1.165, 1.54) is 25.7 Å². The van der Waals surface area contributed by atoms with Crippen LogP contribution in [0.1, 0.15) is 39.5 Å². The molecule has 0 radical (unpaired) electrons. The van der Waals surface area contributed by atoms with Gasteiger partial charge in [0.2, 0.25) is 0 Å². The van der Waals surface area contributed by atoms with E-state index in [0.717, 1.165) is 13.1 Å². The first-order valence-electron chi connectivity index (χ1n) is 5.98. The molecule has 0 spiro atoms. The van der Waals surface area contributed by atoms with Gasteiger partial charge in [-0.1, -0.05) is 12.8 Å². The normalized spacial score (nSPS) is 21.2. The molecule has 0 aromatic heterocycles. The van der Waals surface area contributed by atoms with Crippen molar-refractivity contribution < 1.29 is 5.11 Å². The van der Waals surface area contributed by atoms with Crippen molar-refractivity contribution in [3.63, 3.8) is 0 Å². The third-order valence-corrected chi connectivity index (χ3v) is 4.09. The summed E-state index contributed by atoms with van der Waals surface area (Å²) >= 11 is 0. The van der Waals surface area contributed by atoms with Crippen molar-refractivity contribution >= 4 is 0 Å². The average Bonchev–Trinajstić information content (AvgIpc) is 2.67. The summed E-state index contributed by atoms with van der Waals surface area (Å²) < 4.78 is 0. The van der Waals surface area contributed by atoms with Gasteiger partial charge in [-0.05, 0) is 45.7 Å². The van der Waals surface area contributed by atoms with Crippen molar-refractivity contribution in [1.82, 2.24) is 4.90 Å². The molecule has 0 aromatic rings. The fraction of sp³-hybridized carbons (Fsp3) is 1.00. The third kappa shape index (κ3) is 2.92. The zero-order chi connectivity index (χ0) is 11.5. The van der Waals surface area contributed by atoms with Crippen LogP contribution >= 0.6 is 0 Å². The molecule has 1 fully saturated rings. The highest BCUT2D eigenvalue weighted by Gasteiger charge is 2.36. The molecule has 1 aliphatic rings. The molecule has 0 unspecified atom stereocenters. The molecule has 90 valence electrons. The van der Waals surface area contributed by atoms with Gasteiger partial charge in [-0.3, -0.25) is 4.90 Å². The Hall–Kier alpha value is -0.120. The molecule has 1 aliphatic carbocycles. The zero-order valence-electron chi connectivity index (χ0n) is 10.4. The predicted octanol–water partition coefficient (Wildman–Crippen LogP) is 1.21. The lowest BCUT2D eigenvalue weighted by atomic mass is 9.84. The molecule has 1 saturated carbocycles. The van der Waals surface area contributed by atoms with E-state index < -0.39 is 0 Å². The molecule has 0 heterocycles. The minimum atomic E-state index is -0.134. The van der Waals surface area contributed by atoms with Gasteiger partial charge in [0.05, 0.1) is 6.61 Å². The van der Waals surface area contributed by atoms with Gasteiger partial charge in [-0.2, -0.15) is 0 Å².